The van der Waals surface area contributed by atoms with Gasteiger partial charge in [0.15, 0.2) is 4.96 Å². The predicted octanol–water partition coefficient (Wildman–Crippen LogP) is 4.32. The minimum atomic E-state index is 0.188. The van der Waals surface area contributed by atoms with Crippen LogP contribution in [0.5, 0.6) is 0 Å². The number of carbonyl (C=O) groups is 1. The van der Waals surface area contributed by atoms with Gasteiger partial charge in [-0.15, -0.1) is 11.3 Å². The minimum absolute atomic E-state index is 0.188. The SMILES string of the molecule is CN(Cc1cccnc1)[C@H](Cc1ccccc1)C1CCN(C(=O)Cc2cn3ccsc3n2)CC1. The van der Waals surface area contributed by atoms with E-state index >= 15 is 0 Å². The zero-order chi connectivity index (χ0) is 23.3. The van der Waals surface area contributed by atoms with Crippen molar-refractivity contribution in [1.29, 1.82) is 0 Å². The molecule has 3 aromatic heterocycles. The molecule has 1 atom stereocenters. The zero-order valence-corrected chi connectivity index (χ0v) is 20.4. The van der Waals surface area contributed by atoms with Crippen LogP contribution >= 0.6 is 11.3 Å². The van der Waals surface area contributed by atoms with E-state index in [0.29, 0.717) is 18.4 Å². The summed E-state index contributed by atoms with van der Waals surface area (Å²) in [7, 11) is 2.22. The molecule has 0 spiro atoms. The third-order valence-corrected chi connectivity index (χ3v) is 7.69. The first-order chi connectivity index (χ1) is 16.7. The fraction of sp³-hybridized carbons (Fsp3) is 0.370. The lowest BCUT2D eigenvalue weighted by molar-refractivity contribution is -0.132. The maximum Gasteiger partial charge on any atom is 0.228 e. The quantitative estimate of drug-likeness (QED) is 0.383. The second kappa shape index (κ2) is 10.5. The predicted molar refractivity (Wildman–Crippen MR) is 136 cm³/mol. The monoisotopic (exact) mass is 473 g/mol. The molecule has 4 heterocycles. The second-order valence-electron chi connectivity index (χ2n) is 9.25. The van der Waals surface area contributed by atoms with Gasteiger partial charge in [0.1, 0.15) is 0 Å². The Kier molecular flexibility index (Phi) is 7.02. The number of pyridine rings is 1. The zero-order valence-electron chi connectivity index (χ0n) is 19.6. The van der Waals surface area contributed by atoms with Crippen LogP contribution in [0.25, 0.3) is 4.96 Å². The number of amides is 1. The molecule has 0 N–H and O–H groups in total. The summed E-state index contributed by atoms with van der Waals surface area (Å²) >= 11 is 1.60. The molecule has 0 saturated carbocycles. The molecule has 1 aliphatic rings. The number of imidazole rings is 1. The summed E-state index contributed by atoms with van der Waals surface area (Å²) < 4.78 is 1.99. The lowest BCUT2D eigenvalue weighted by atomic mass is 9.84. The van der Waals surface area contributed by atoms with Crippen LogP contribution in [0, 0.1) is 5.92 Å². The van der Waals surface area contributed by atoms with E-state index in [-0.39, 0.29) is 5.91 Å². The van der Waals surface area contributed by atoms with Gasteiger partial charge < -0.3 is 4.90 Å². The molecular formula is C27H31N5OS. The summed E-state index contributed by atoms with van der Waals surface area (Å²) in [6, 6.07) is 15.3. The van der Waals surface area contributed by atoms with Gasteiger partial charge >= 0.3 is 0 Å². The molecule has 1 saturated heterocycles. The van der Waals surface area contributed by atoms with Crippen molar-refractivity contribution in [2.45, 2.75) is 38.3 Å². The first-order valence-electron chi connectivity index (χ1n) is 12.0. The van der Waals surface area contributed by atoms with Gasteiger partial charge in [-0.3, -0.25) is 19.1 Å². The molecule has 1 fully saturated rings. The van der Waals surface area contributed by atoms with Crippen molar-refractivity contribution in [1.82, 2.24) is 24.2 Å². The number of aromatic nitrogens is 3. The third kappa shape index (κ3) is 5.37. The Balaban J connectivity index is 1.23. The van der Waals surface area contributed by atoms with E-state index < -0.39 is 0 Å². The molecule has 0 unspecified atom stereocenters. The number of rotatable bonds is 8. The van der Waals surface area contributed by atoms with Crippen LogP contribution in [0.4, 0.5) is 0 Å². The average Bonchev–Trinajstić information content (AvgIpc) is 3.46. The lowest BCUT2D eigenvalue weighted by Gasteiger charge is -2.40. The number of thiazole rings is 1. The van der Waals surface area contributed by atoms with E-state index in [0.717, 1.165) is 49.6 Å². The molecule has 6 nitrogen and oxygen atoms in total. The Bertz CT molecular complexity index is 1170. The standard InChI is InChI=1S/C27H31N5OS/c1-30(19-22-8-5-11-28-18-22)25(16-21-6-3-2-4-7-21)23-9-12-31(13-10-23)26(33)17-24-20-32-14-15-34-27(32)29-24/h2-8,11,14-15,18,20,23,25H,9-10,12-13,16-17,19H2,1H3/t25-/m1/s1. The maximum atomic E-state index is 13.0. The second-order valence-corrected chi connectivity index (χ2v) is 10.1. The van der Waals surface area contributed by atoms with Gasteiger partial charge in [-0.25, -0.2) is 4.98 Å². The number of benzene rings is 1. The first kappa shape index (κ1) is 22.7. The number of carbonyl (C=O) groups excluding carboxylic acids is 1. The van der Waals surface area contributed by atoms with Crippen LogP contribution in [0.3, 0.4) is 0 Å². The largest absolute Gasteiger partial charge is 0.342 e. The smallest absolute Gasteiger partial charge is 0.228 e. The van der Waals surface area contributed by atoms with Crippen LogP contribution in [-0.2, 0) is 24.2 Å². The van der Waals surface area contributed by atoms with E-state index in [1.54, 1.807) is 11.3 Å². The highest BCUT2D eigenvalue weighted by Gasteiger charge is 2.31. The Morgan fingerprint density at radius 1 is 1.15 bits per heavy atom. The van der Waals surface area contributed by atoms with E-state index in [1.807, 2.05) is 45.5 Å². The summed E-state index contributed by atoms with van der Waals surface area (Å²) in [4.78, 5) is 27.3. The Labute approximate surface area is 204 Å². The molecule has 1 aliphatic heterocycles. The van der Waals surface area contributed by atoms with Crippen molar-refractivity contribution in [2.24, 2.45) is 5.92 Å². The molecule has 4 aromatic rings. The van der Waals surface area contributed by atoms with E-state index in [1.165, 1.54) is 11.1 Å². The van der Waals surface area contributed by atoms with Gasteiger partial charge in [-0.2, -0.15) is 0 Å². The van der Waals surface area contributed by atoms with Gasteiger partial charge in [0.05, 0.1) is 12.1 Å². The fourth-order valence-electron chi connectivity index (χ4n) is 5.10. The summed E-state index contributed by atoms with van der Waals surface area (Å²) in [5.74, 6) is 0.733. The van der Waals surface area contributed by atoms with Gasteiger partial charge in [-0.05, 0) is 49.4 Å². The van der Waals surface area contributed by atoms with Gasteiger partial charge in [0, 0.05) is 55.8 Å². The Hall–Kier alpha value is -3.03. The molecule has 0 bridgehead atoms. The van der Waals surface area contributed by atoms with E-state index in [4.69, 9.17) is 0 Å². The maximum absolute atomic E-state index is 13.0. The number of likely N-dealkylation sites (N-methyl/N-ethyl adjacent to an activating group) is 1. The molecule has 0 aliphatic carbocycles. The number of piperidine rings is 1. The first-order valence-corrected chi connectivity index (χ1v) is 12.9. The number of fused-ring (bicyclic) bond motifs is 1. The fourth-order valence-corrected chi connectivity index (χ4v) is 5.82. The number of hydrogen-bond donors (Lipinski definition) is 0. The van der Waals surface area contributed by atoms with Crippen LogP contribution in [0.2, 0.25) is 0 Å². The number of nitrogens with zero attached hydrogens (tertiary/aromatic N) is 5. The van der Waals surface area contributed by atoms with Crippen molar-refractivity contribution in [3.05, 3.63) is 89.5 Å². The van der Waals surface area contributed by atoms with Crippen molar-refractivity contribution < 1.29 is 4.79 Å². The molecule has 34 heavy (non-hydrogen) atoms. The van der Waals surface area contributed by atoms with Crippen molar-refractivity contribution in [3.8, 4) is 0 Å². The molecule has 5 rings (SSSR count). The van der Waals surface area contributed by atoms with E-state index in [2.05, 4.69) is 58.3 Å². The van der Waals surface area contributed by atoms with Crippen LogP contribution in [0.1, 0.15) is 29.7 Å². The molecule has 1 aromatic carbocycles. The summed E-state index contributed by atoms with van der Waals surface area (Å²) in [5.41, 5.74) is 3.46. The Morgan fingerprint density at radius 2 is 1.94 bits per heavy atom. The molecule has 1 amide bonds. The molecule has 7 heteroatoms. The summed E-state index contributed by atoms with van der Waals surface area (Å²) in [6.07, 6.45) is 11.2. The molecule has 0 radical (unpaired) electrons. The molecule has 176 valence electrons. The van der Waals surface area contributed by atoms with Crippen molar-refractivity contribution in [2.75, 3.05) is 20.1 Å². The van der Waals surface area contributed by atoms with Crippen LogP contribution in [0.15, 0.2) is 72.6 Å². The topological polar surface area (TPSA) is 53.7 Å². The Morgan fingerprint density at radius 3 is 2.68 bits per heavy atom. The highest BCUT2D eigenvalue weighted by Crippen LogP contribution is 2.28. The van der Waals surface area contributed by atoms with Crippen molar-refractivity contribution >= 4 is 22.2 Å². The lowest BCUT2D eigenvalue weighted by Crippen LogP contribution is -2.46. The summed E-state index contributed by atoms with van der Waals surface area (Å²) in [6.45, 7) is 2.51. The average molecular weight is 474 g/mol. The van der Waals surface area contributed by atoms with Crippen molar-refractivity contribution in [3.63, 3.8) is 0 Å². The minimum Gasteiger partial charge on any atom is -0.342 e. The molecular weight excluding hydrogens is 442 g/mol. The normalized spacial score (nSPS) is 15.8. The highest BCUT2D eigenvalue weighted by molar-refractivity contribution is 7.15. The number of likely N-dealkylation sites (tertiary alicyclic amines) is 1. The summed E-state index contributed by atoms with van der Waals surface area (Å²) in [5, 5.41) is 2.01. The van der Waals surface area contributed by atoms with Crippen LogP contribution < -0.4 is 0 Å². The van der Waals surface area contributed by atoms with Gasteiger partial charge in [0.2, 0.25) is 5.91 Å². The third-order valence-electron chi connectivity index (χ3n) is 6.92. The van der Waals surface area contributed by atoms with Crippen LogP contribution in [-0.4, -0.2) is 56.3 Å². The highest BCUT2D eigenvalue weighted by atomic mass is 32.1. The van der Waals surface area contributed by atoms with E-state index in [9.17, 15) is 4.79 Å². The van der Waals surface area contributed by atoms with Gasteiger partial charge in [0.25, 0.3) is 0 Å². The number of hydrogen-bond acceptors (Lipinski definition) is 5. The van der Waals surface area contributed by atoms with Gasteiger partial charge in [-0.1, -0.05) is 36.4 Å².